The number of halogens is 1. The quantitative estimate of drug-likeness (QED) is 0.444. The summed E-state index contributed by atoms with van der Waals surface area (Å²) in [6, 6.07) is 11.5. The first-order chi connectivity index (χ1) is 13.5. The Morgan fingerprint density at radius 3 is 2.82 bits per heavy atom. The summed E-state index contributed by atoms with van der Waals surface area (Å²) in [5.74, 6) is 1.32. The maximum Gasteiger partial charge on any atom is 0.274 e. The number of hydrogen-bond acceptors (Lipinski definition) is 5. The Morgan fingerprint density at radius 1 is 1.29 bits per heavy atom. The third-order valence-electron chi connectivity index (χ3n) is 4.13. The van der Waals surface area contributed by atoms with Crippen LogP contribution in [0, 0.1) is 0 Å². The maximum atomic E-state index is 13.0. The van der Waals surface area contributed by atoms with Gasteiger partial charge in [-0.25, -0.2) is 9.38 Å². The van der Waals surface area contributed by atoms with Crippen molar-refractivity contribution in [2.24, 2.45) is 0 Å². The lowest BCUT2D eigenvalue weighted by Crippen LogP contribution is -2.22. The summed E-state index contributed by atoms with van der Waals surface area (Å²) in [7, 11) is 0. The normalized spacial score (nSPS) is 12.4. The molecule has 0 aliphatic heterocycles. The molecule has 7 heteroatoms. The van der Waals surface area contributed by atoms with Crippen LogP contribution >= 0.6 is 27.3 Å². The minimum absolute atomic E-state index is 0.0249. The summed E-state index contributed by atoms with van der Waals surface area (Å²) in [4.78, 5) is 18.2. The van der Waals surface area contributed by atoms with Crippen LogP contribution in [0.2, 0.25) is 0 Å². The summed E-state index contributed by atoms with van der Waals surface area (Å²) < 4.78 is 14.7. The number of aromatic nitrogens is 2. The number of fused-ring (bicyclic) bond motifs is 3. The number of ether oxygens (including phenoxy) is 2. The molecule has 0 radical (unpaired) electrons. The average Bonchev–Trinajstić information content (AvgIpc) is 3.15. The Kier molecular flexibility index (Phi) is 5.12. The van der Waals surface area contributed by atoms with Crippen molar-refractivity contribution in [3.8, 4) is 11.5 Å². The lowest BCUT2D eigenvalue weighted by molar-refractivity contribution is 0.222. The van der Waals surface area contributed by atoms with E-state index in [4.69, 9.17) is 9.47 Å². The van der Waals surface area contributed by atoms with Gasteiger partial charge in [0, 0.05) is 0 Å². The number of para-hydroxylation sites is 2. The molecule has 0 aliphatic carbocycles. The lowest BCUT2D eigenvalue weighted by atomic mass is 10.2. The summed E-state index contributed by atoms with van der Waals surface area (Å²) in [5, 5.41) is 0. The Hall–Kier alpha value is -2.38. The summed E-state index contributed by atoms with van der Waals surface area (Å²) in [6.45, 7) is 6.39. The largest absolute Gasteiger partial charge is 0.490 e. The van der Waals surface area contributed by atoms with Crippen LogP contribution in [-0.2, 0) is 0 Å². The van der Waals surface area contributed by atoms with Crippen LogP contribution in [-0.4, -0.2) is 22.1 Å². The van der Waals surface area contributed by atoms with Gasteiger partial charge in [0.05, 0.1) is 32.7 Å². The van der Waals surface area contributed by atoms with Crippen LogP contribution in [0.3, 0.4) is 0 Å². The highest BCUT2D eigenvalue weighted by Crippen LogP contribution is 2.37. The number of thiazole rings is 1. The highest BCUT2D eigenvalue weighted by Gasteiger charge is 2.14. The average molecular weight is 459 g/mol. The molecule has 0 fully saturated rings. The molecule has 0 N–H and O–H groups in total. The fraction of sp³-hybridized carbons (Fsp3) is 0.238. The minimum atomic E-state index is -0.0645. The van der Waals surface area contributed by atoms with Crippen LogP contribution in [0.15, 0.2) is 45.7 Å². The Balaban J connectivity index is 1.86. The zero-order chi connectivity index (χ0) is 19.8. The Labute approximate surface area is 174 Å². The molecule has 2 aromatic carbocycles. The predicted octanol–water partition coefficient (Wildman–Crippen LogP) is 4.41. The summed E-state index contributed by atoms with van der Waals surface area (Å²) in [6.07, 6.45) is 1.89. The monoisotopic (exact) mass is 458 g/mol. The minimum Gasteiger partial charge on any atom is -0.490 e. The summed E-state index contributed by atoms with van der Waals surface area (Å²) >= 11 is 4.95. The second-order valence-corrected chi connectivity index (χ2v) is 8.43. The van der Waals surface area contributed by atoms with Gasteiger partial charge in [-0.1, -0.05) is 23.5 Å². The van der Waals surface area contributed by atoms with Gasteiger partial charge in [-0.05, 0) is 72.6 Å². The first-order valence-electron chi connectivity index (χ1n) is 9.02. The van der Waals surface area contributed by atoms with Gasteiger partial charge in [0.25, 0.3) is 5.56 Å². The van der Waals surface area contributed by atoms with Crippen molar-refractivity contribution in [3.63, 3.8) is 0 Å². The van der Waals surface area contributed by atoms with Crippen LogP contribution in [0.25, 0.3) is 22.1 Å². The molecule has 0 bridgehead atoms. The molecule has 0 saturated carbocycles. The lowest BCUT2D eigenvalue weighted by Gasteiger charge is -2.16. The van der Waals surface area contributed by atoms with Gasteiger partial charge in [-0.15, -0.1) is 0 Å². The van der Waals surface area contributed by atoms with Crippen molar-refractivity contribution in [1.82, 2.24) is 9.38 Å². The van der Waals surface area contributed by atoms with Gasteiger partial charge < -0.3 is 9.47 Å². The molecule has 0 saturated heterocycles. The van der Waals surface area contributed by atoms with E-state index in [1.807, 2.05) is 63.2 Å². The van der Waals surface area contributed by atoms with Gasteiger partial charge >= 0.3 is 0 Å². The third-order valence-corrected chi connectivity index (χ3v) is 5.69. The van der Waals surface area contributed by atoms with Crippen molar-refractivity contribution in [2.75, 3.05) is 6.61 Å². The van der Waals surface area contributed by atoms with E-state index < -0.39 is 0 Å². The predicted molar refractivity (Wildman–Crippen MR) is 117 cm³/mol. The first-order valence-corrected chi connectivity index (χ1v) is 10.6. The molecule has 0 unspecified atom stereocenters. The zero-order valence-corrected chi connectivity index (χ0v) is 18.1. The third kappa shape index (κ3) is 3.40. The Bertz CT molecular complexity index is 1280. The number of rotatable bonds is 5. The van der Waals surface area contributed by atoms with Gasteiger partial charge in [-0.2, -0.15) is 0 Å². The molecule has 4 aromatic rings. The molecule has 28 heavy (non-hydrogen) atoms. The van der Waals surface area contributed by atoms with Gasteiger partial charge in [-0.3, -0.25) is 4.79 Å². The van der Waals surface area contributed by atoms with Crippen molar-refractivity contribution in [3.05, 3.63) is 61.3 Å². The van der Waals surface area contributed by atoms with E-state index in [-0.39, 0.29) is 11.7 Å². The molecule has 144 valence electrons. The second kappa shape index (κ2) is 7.56. The highest BCUT2D eigenvalue weighted by molar-refractivity contribution is 9.10. The van der Waals surface area contributed by atoms with E-state index in [2.05, 4.69) is 20.9 Å². The molecule has 0 atom stereocenters. The number of hydrogen-bond donors (Lipinski definition) is 0. The fourth-order valence-corrected chi connectivity index (χ4v) is 4.59. The van der Waals surface area contributed by atoms with Crippen LogP contribution in [0.5, 0.6) is 11.5 Å². The van der Waals surface area contributed by atoms with Crippen LogP contribution in [0.1, 0.15) is 26.3 Å². The number of imidazole rings is 1. The molecule has 2 heterocycles. The maximum absolute atomic E-state index is 13.0. The van der Waals surface area contributed by atoms with Crippen molar-refractivity contribution < 1.29 is 9.47 Å². The summed E-state index contributed by atoms with van der Waals surface area (Å²) in [5.41, 5.74) is 2.45. The van der Waals surface area contributed by atoms with Crippen molar-refractivity contribution in [2.45, 2.75) is 26.9 Å². The molecule has 5 nitrogen and oxygen atoms in total. The smallest absolute Gasteiger partial charge is 0.274 e. The highest BCUT2D eigenvalue weighted by atomic mass is 79.9. The Morgan fingerprint density at radius 2 is 2.07 bits per heavy atom. The van der Waals surface area contributed by atoms with Crippen molar-refractivity contribution >= 4 is 49.3 Å². The first kappa shape index (κ1) is 19.0. The molecule has 2 aromatic heterocycles. The number of nitrogens with zero attached hydrogens (tertiary/aromatic N) is 2. The molecular formula is C21H19BrN2O3S. The van der Waals surface area contributed by atoms with E-state index >= 15 is 0 Å². The van der Waals surface area contributed by atoms with E-state index in [1.165, 1.54) is 11.3 Å². The van der Waals surface area contributed by atoms with Gasteiger partial charge in [0.2, 0.25) is 0 Å². The molecule has 0 aliphatic rings. The molecule has 0 spiro atoms. The fourth-order valence-electron chi connectivity index (χ4n) is 3.05. The van der Waals surface area contributed by atoms with Gasteiger partial charge in [0.15, 0.2) is 16.5 Å². The zero-order valence-electron chi connectivity index (χ0n) is 15.7. The van der Waals surface area contributed by atoms with Crippen LogP contribution in [0.4, 0.5) is 0 Å². The standard InChI is InChI=1S/C21H19BrN2O3S/c1-4-26-17-10-13(9-14(22)19(17)27-12(2)3)11-18-20(25)24-16-8-6-5-7-15(16)23-21(24)28-18/h5-12H,4H2,1-3H3. The molecular weight excluding hydrogens is 440 g/mol. The van der Waals surface area contributed by atoms with E-state index in [0.717, 1.165) is 21.1 Å². The van der Waals surface area contributed by atoms with E-state index in [1.54, 1.807) is 4.40 Å². The number of benzene rings is 2. The molecule has 4 rings (SSSR count). The topological polar surface area (TPSA) is 52.8 Å². The second-order valence-electron chi connectivity index (χ2n) is 6.56. The van der Waals surface area contributed by atoms with Crippen LogP contribution < -0.4 is 19.6 Å². The van der Waals surface area contributed by atoms with Crippen molar-refractivity contribution in [1.29, 1.82) is 0 Å². The molecule has 0 amide bonds. The van der Waals surface area contributed by atoms with E-state index in [9.17, 15) is 4.79 Å². The van der Waals surface area contributed by atoms with Gasteiger partial charge in [0.1, 0.15) is 0 Å². The van der Waals surface area contributed by atoms with E-state index in [0.29, 0.717) is 27.6 Å². The SMILES string of the molecule is CCOc1cc(C=c2sc3nc4ccccc4n3c2=O)cc(Br)c1OC(C)C.